The van der Waals surface area contributed by atoms with Crippen LogP contribution in [0.1, 0.15) is 32.4 Å². The van der Waals surface area contributed by atoms with Crippen LogP contribution in [-0.4, -0.2) is 27.9 Å². The van der Waals surface area contributed by atoms with E-state index >= 15 is 0 Å². The first-order chi connectivity index (χ1) is 13.6. The lowest BCUT2D eigenvalue weighted by atomic mass is 9.55. The summed E-state index contributed by atoms with van der Waals surface area (Å²) in [5, 5.41) is 0. The second-order valence-electron chi connectivity index (χ2n) is 9.58. The molecule has 0 aromatic carbocycles. The minimum atomic E-state index is -0.785. The fraction of sp³-hybridized carbons (Fsp3) is 0.579. The van der Waals surface area contributed by atoms with E-state index in [0.717, 1.165) is 15.6 Å². The zero-order chi connectivity index (χ0) is 20.5. The van der Waals surface area contributed by atoms with E-state index in [0.29, 0.717) is 0 Å². The van der Waals surface area contributed by atoms with Crippen molar-refractivity contribution in [3.05, 3.63) is 66.2 Å². The van der Waals surface area contributed by atoms with Gasteiger partial charge in [0.1, 0.15) is 0 Å². The van der Waals surface area contributed by atoms with E-state index in [1.807, 2.05) is 38.2 Å². The van der Waals surface area contributed by atoms with E-state index < -0.39 is 21.9 Å². The summed E-state index contributed by atoms with van der Waals surface area (Å²) in [5.74, 6) is 0. The van der Waals surface area contributed by atoms with Gasteiger partial charge < -0.3 is 0 Å². The Morgan fingerprint density at radius 3 is 1.48 bits per heavy atom. The van der Waals surface area contributed by atoms with Crippen LogP contribution in [0.15, 0.2) is 43.5 Å². The Kier molecular flexibility index (Phi) is 2.04. The molecule has 1 fully saturated rings. The lowest BCUT2D eigenvalue weighted by Crippen LogP contribution is -2.70. The van der Waals surface area contributed by atoms with Gasteiger partial charge in [-0.3, -0.25) is 0 Å². The topological polar surface area (TPSA) is 97.9 Å². The Hall–Kier alpha value is -3.04. The summed E-state index contributed by atoms with van der Waals surface area (Å²) in [6, 6.07) is -0.724. The zero-order valence-electron chi connectivity index (χ0n) is 16.5. The zero-order valence-corrected chi connectivity index (χ0v) is 16.5. The summed E-state index contributed by atoms with van der Waals surface area (Å²) in [7, 11) is 2.99. The van der Waals surface area contributed by atoms with Gasteiger partial charge in [0.25, 0.3) is 0 Å². The molecule has 0 amide bonds. The molecule has 1 unspecified atom stereocenters. The van der Waals surface area contributed by atoms with Gasteiger partial charge in [0, 0.05) is 24.9 Å². The van der Waals surface area contributed by atoms with E-state index in [1.165, 1.54) is 14.1 Å². The molecule has 10 nitrogen and oxygen atoms in total. The third kappa shape index (κ3) is 1.05. The van der Waals surface area contributed by atoms with Crippen LogP contribution in [0, 0.1) is 10.8 Å². The Labute approximate surface area is 163 Å². The van der Waals surface area contributed by atoms with Crippen molar-refractivity contribution in [3.63, 3.8) is 0 Å². The summed E-state index contributed by atoms with van der Waals surface area (Å²) < 4.78 is 8.60. The molecule has 2 aromatic heterocycles. The molecule has 4 bridgehead atoms. The maximum atomic E-state index is 13.0. The van der Waals surface area contributed by atoms with E-state index in [2.05, 4.69) is 0 Å². The van der Waals surface area contributed by atoms with Gasteiger partial charge >= 0.3 is 22.8 Å². The monoisotopic (exact) mass is 396 g/mol. The summed E-state index contributed by atoms with van der Waals surface area (Å²) in [6.07, 6.45) is 8.80. The molecule has 1 saturated carbocycles. The molecule has 6 heterocycles. The highest BCUT2D eigenvalue weighted by molar-refractivity contribution is 5.50. The van der Waals surface area contributed by atoms with Crippen LogP contribution < -0.4 is 22.8 Å². The van der Waals surface area contributed by atoms with Crippen molar-refractivity contribution in [2.75, 3.05) is 0 Å². The van der Waals surface area contributed by atoms with Crippen molar-refractivity contribution >= 4 is 0 Å². The van der Waals surface area contributed by atoms with Gasteiger partial charge in [0.05, 0.1) is 23.2 Å². The van der Waals surface area contributed by atoms with Crippen LogP contribution in [0.25, 0.3) is 0 Å². The van der Waals surface area contributed by atoms with Gasteiger partial charge in [-0.25, -0.2) is 47.0 Å². The fourth-order valence-corrected chi connectivity index (χ4v) is 7.72. The lowest BCUT2D eigenvalue weighted by molar-refractivity contribution is -0.0874. The van der Waals surface area contributed by atoms with Crippen molar-refractivity contribution < 1.29 is 0 Å². The highest BCUT2D eigenvalue weighted by Gasteiger charge is 2.92. The largest absolute Gasteiger partial charge is 0.347 e. The van der Waals surface area contributed by atoms with E-state index in [1.54, 1.807) is 18.7 Å². The van der Waals surface area contributed by atoms with Crippen LogP contribution in [0.2, 0.25) is 0 Å². The van der Waals surface area contributed by atoms with Crippen LogP contribution in [-0.2, 0) is 25.2 Å². The Morgan fingerprint density at radius 1 is 0.724 bits per heavy atom. The smallest absolute Gasteiger partial charge is 0.246 e. The van der Waals surface area contributed by atoms with Crippen molar-refractivity contribution in [1.82, 2.24) is 27.9 Å². The van der Waals surface area contributed by atoms with Crippen LogP contribution in [0.4, 0.5) is 0 Å². The van der Waals surface area contributed by atoms with E-state index in [9.17, 15) is 19.2 Å². The summed E-state index contributed by atoms with van der Waals surface area (Å²) >= 11 is 0. The Balaban J connectivity index is 1.69. The molecular formula is C19H20N6O4. The number of rotatable bonds is 0. The summed E-state index contributed by atoms with van der Waals surface area (Å²) in [5.41, 5.74) is -3.89. The standard InChI is InChI=1S/C19H20N6O4/c1-16-7-5-11(22-12(26)20(3)14(28)24(16)22)19-9-18(16,19)10-6-8-17(19,2)25-15(29)21(4)13(27)23(10)25/h5-8,10-11H,9H2,1-4H3/t10-,11-,16-,17+,18?,19+/m1/s1. The van der Waals surface area contributed by atoms with Gasteiger partial charge in [-0.1, -0.05) is 24.3 Å². The number of hydrogen-bond donors (Lipinski definition) is 0. The second-order valence-corrected chi connectivity index (χ2v) is 9.58. The summed E-state index contributed by atoms with van der Waals surface area (Å²) in [6.45, 7) is 3.96. The van der Waals surface area contributed by atoms with Crippen molar-refractivity contribution in [2.24, 2.45) is 24.9 Å². The molecule has 6 atom stereocenters. The van der Waals surface area contributed by atoms with Gasteiger partial charge in [-0.15, -0.1) is 0 Å². The molecular weight excluding hydrogens is 376 g/mol. The molecule has 2 aromatic rings. The quantitative estimate of drug-likeness (QED) is 0.521. The predicted molar refractivity (Wildman–Crippen MR) is 101 cm³/mol. The van der Waals surface area contributed by atoms with Crippen LogP contribution in [0.3, 0.4) is 0 Å². The number of aromatic nitrogens is 6. The Morgan fingerprint density at radius 2 is 1.10 bits per heavy atom. The molecule has 0 N–H and O–H groups in total. The highest BCUT2D eigenvalue weighted by atomic mass is 16.2. The molecule has 0 saturated heterocycles. The maximum absolute atomic E-state index is 13.0. The van der Waals surface area contributed by atoms with Crippen LogP contribution >= 0.6 is 0 Å². The maximum Gasteiger partial charge on any atom is 0.347 e. The number of allylic oxidation sites excluding steroid dienone is 4. The fourth-order valence-electron chi connectivity index (χ4n) is 7.72. The molecule has 10 heteroatoms. The first-order valence-electron chi connectivity index (χ1n) is 9.81. The minimum absolute atomic E-state index is 0.350. The molecule has 3 aliphatic carbocycles. The SMILES string of the molecule is Cn1c(=O)n2n(c1=O)[C@]1(C)C=C[C@@H]2[C@]23CC12[C@H]1C=C[C@]3(C)n2c(=O)n(C)c(=O)n21. The second kappa shape index (κ2) is 3.73. The molecule has 4 aliphatic heterocycles. The van der Waals surface area contributed by atoms with Gasteiger partial charge in [0.15, 0.2) is 0 Å². The molecule has 0 radical (unpaired) electrons. The van der Waals surface area contributed by atoms with Gasteiger partial charge in [-0.05, 0) is 20.3 Å². The van der Waals surface area contributed by atoms with Gasteiger partial charge in [-0.2, -0.15) is 0 Å². The minimum Gasteiger partial charge on any atom is -0.246 e. The number of hydrogen-bond acceptors (Lipinski definition) is 4. The summed E-state index contributed by atoms with van der Waals surface area (Å²) in [4.78, 5) is 52.1. The predicted octanol–water partition coefficient (Wildman–Crippen LogP) is -1.23. The van der Waals surface area contributed by atoms with Crippen LogP contribution in [0.5, 0.6) is 0 Å². The molecule has 9 rings (SSSR count). The number of nitrogens with zero attached hydrogens (tertiary/aromatic N) is 6. The lowest BCUT2D eigenvalue weighted by Gasteiger charge is -2.62. The highest BCUT2D eigenvalue weighted by Crippen LogP contribution is 2.89. The average molecular weight is 396 g/mol. The first kappa shape index (κ1) is 15.8. The third-order valence-electron chi connectivity index (χ3n) is 8.99. The van der Waals surface area contributed by atoms with Crippen molar-refractivity contribution in [1.29, 1.82) is 0 Å². The molecule has 0 spiro atoms. The van der Waals surface area contributed by atoms with Gasteiger partial charge in [0.2, 0.25) is 0 Å². The first-order valence-corrected chi connectivity index (χ1v) is 9.81. The molecule has 150 valence electrons. The van der Waals surface area contributed by atoms with E-state index in [4.69, 9.17) is 0 Å². The average Bonchev–Trinajstić information content (AvgIpc) is 3.36. The Bertz CT molecular complexity index is 1390. The van der Waals surface area contributed by atoms with Crippen molar-refractivity contribution in [3.8, 4) is 0 Å². The molecule has 29 heavy (non-hydrogen) atoms. The van der Waals surface area contributed by atoms with Crippen molar-refractivity contribution in [2.45, 2.75) is 43.4 Å². The molecule has 7 aliphatic rings. The van der Waals surface area contributed by atoms with E-state index in [-0.39, 0.29) is 34.8 Å². The normalized spacial score (nSPS) is 43.9. The third-order valence-corrected chi connectivity index (χ3v) is 8.99.